The molecule has 0 aromatic carbocycles. The molecule has 0 spiro atoms. The summed E-state index contributed by atoms with van der Waals surface area (Å²) < 4.78 is 173. The molecule has 0 saturated heterocycles. The van der Waals surface area contributed by atoms with Gasteiger partial charge in [-0.2, -0.15) is 22.0 Å². The van der Waals surface area contributed by atoms with E-state index < -0.39 is 58.2 Å². The molecule has 20 heteroatoms. The molecule has 0 heterocycles. The molecule has 0 aromatic heterocycles. The Morgan fingerprint density at radius 2 is 0.836 bits per heavy atom. The summed E-state index contributed by atoms with van der Waals surface area (Å²) in [4.78, 5) is 0. The molecule has 0 bridgehead atoms. The first kappa shape index (κ1) is 68.5. The van der Waals surface area contributed by atoms with Gasteiger partial charge in [0.15, 0.2) is 6.86 Å². The van der Waals surface area contributed by atoms with Crippen molar-refractivity contribution >= 4 is 0 Å². The first-order valence-corrected chi connectivity index (χ1v) is 17.4. The van der Waals surface area contributed by atoms with Crippen LogP contribution in [0.4, 0.5) is 52.7 Å². The standard InChI is InChI=1S/C6H12F2O.C6H13FO2.C5H9F3O.C5H10F2O.C5H11FO.C4H8F2O.C4H9FO/c1-5(2)9-4-6(3,7)8;1-5(2)9-4-6(7)8-3;1-4(2)9-3-5(6,7)8;1-4(2)8-3-5(6)7;1-5(2)7-4-3-6;1-3(2)7-4(5)6;1-4(2)6-3-5/h5H,4H2,1-3H3;5-6H,4H2,1-3H3;4H,3H2,1-2H3;4-5H,3H2,1-2H3;5H,3-4H2,1-2H3;3-4H,1-2H3;4H,3H2,1-2H3. The maximum absolute atomic E-state index is 12.1. The lowest BCUT2D eigenvalue weighted by Crippen LogP contribution is -2.21. The third kappa shape index (κ3) is 119. The Hall–Kier alpha value is -1.16. The van der Waals surface area contributed by atoms with Gasteiger partial charge in [-0.25, -0.2) is 30.7 Å². The third-order valence-electron chi connectivity index (χ3n) is 3.92. The Balaban J connectivity index is -0.0000000982. The zero-order chi connectivity index (χ0) is 45.4. The maximum atomic E-state index is 12.1. The van der Waals surface area contributed by atoms with Crippen molar-refractivity contribution in [1.82, 2.24) is 0 Å². The number of hydrogen-bond donors (Lipinski definition) is 0. The smallest absolute Gasteiger partial charge is 0.376 e. The molecule has 344 valence electrons. The summed E-state index contributed by atoms with van der Waals surface area (Å²) in [6.45, 7) is 19.6. The van der Waals surface area contributed by atoms with E-state index in [1.807, 2.05) is 27.7 Å². The summed E-state index contributed by atoms with van der Waals surface area (Å²) in [5.41, 5.74) is 0. The van der Waals surface area contributed by atoms with Gasteiger partial charge in [-0.1, -0.05) is 0 Å². The van der Waals surface area contributed by atoms with Gasteiger partial charge >= 0.3 is 12.8 Å². The van der Waals surface area contributed by atoms with Gasteiger partial charge in [-0.3, -0.25) is 0 Å². The molecule has 0 aromatic rings. The molecule has 0 aliphatic carbocycles. The van der Waals surface area contributed by atoms with Crippen LogP contribution in [0.1, 0.15) is 104 Å². The summed E-state index contributed by atoms with van der Waals surface area (Å²) in [6, 6.07) is 0. The van der Waals surface area contributed by atoms with Crippen LogP contribution in [-0.2, 0) is 37.9 Å². The Kier molecular flexibility index (Phi) is 56.7. The molecular formula is C35H72F12O8. The highest BCUT2D eigenvalue weighted by atomic mass is 19.4. The van der Waals surface area contributed by atoms with E-state index in [2.05, 4.69) is 28.4 Å². The highest BCUT2D eigenvalue weighted by Gasteiger charge is 2.27. The van der Waals surface area contributed by atoms with Crippen LogP contribution in [0.2, 0.25) is 0 Å². The Labute approximate surface area is 322 Å². The van der Waals surface area contributed by atoms with Gasteiger partial charge in [0, 0.05) is 14.0 Å². The van der Waals surface area contributed by atoms with E-state index >= 15 is 0 Å². The number of rotatable bonds is 19. The van der Waals surface area contributed by atoms with Gasteiger partial charge < -0.3 is 37.9 Å². The molecule has 0 radical (unpaired) electrons. The second kappa shape index (κ2) is 45.5. The summed E-state index contributed by atoms with van der Waals surface area (Å²) in [5, 5.41) is 0. The summed E-state index contributed by atoms with van der Waals surface area (Å²) in [6.07, 6.45) is -8.50. The Morgan fingerprint density at radius 1 is 0.473 bits per heavy atom. The topological polar surface area (TPSA) is 73.8 Å². The highest BCUT2D eigenvalue weighted by molar-refractivity contribution is 4.55. The van der Waals surface area contributed by atoms with E-state index in [-0.39, 0.29) is 62.6 Å². The van der Waals surface area contributed by atoms with Crippen molar-refractivity contribution in [2.24, 2.45) is 0 Å². The number of alkyl halides is 12. The molecule has 55 heavy (non-hydrogen) atoms. The number of methoxy groups -OCH3 is 1. The lowest BCUT2D eigenvalue weighted by Gasteiger charge is -2.12. The average molecular weight is 849 g/mol. The average Bonchev–Trinajstić information content (AvgIpc) is 3.00. The monoisotopic (exact) mass is 849 g/mol. The normalized spacial score (nSPS) is 11.9. The Bertz CT molecular complexity index is 663. The first-order valence-electron chi connectivity index (χ1n) is 17.4. The first-order chi connectivity index (χ1) is 24.8. The van der Waals surface area contributed by atoms with Crippen molar-refractivity contribution in [2.45, 2.75) is 178 Å². The highest BCUT2D eigenvalue weighted by Crippen LogP contribution is 2.15. The van der Waals surface area contributed by atoms with Gasteiger partial charge in [0.25, 0.3) is 12.3 Å². The summed E-state index contributed by atoms with van der Waals surface area (Å²) >= 11 is 0. The van der Waals surface area contributed by atoms with Crippen molar-refractivity contribution in [3.05, 3.63) is 0 Å². The second-order valence-electron chi connectivity index (χ2n) is 12.6. The predicted octanol–water partition coefficient (Wildman–Crippen LogP) is 11.4. The van der Waals surface area contributed by atoms with Crippen LogP contribution in [0.5, 0.6) is 0 Å². The van der Waals surface area contributed by atoms with Crippen LogP contribution < -0.4 is 0 Å². The molecule has 1 unspecified atom stereocenters. The van der Waals surface area contributed by atoms with Crippen molar-refractivity contribution < 1.29 is 90.6 Å². The summed E-state index contributed by atoms with van der Waals surface area (Å²) in [5.74, 6) is -2.69. The van der Waals surface area contributed by atoms with E-state index in [1.54, 1.807) is 69.2 Å². The van der Waals surface area contributed by atoms with Crippen molar-refractivity contribution in [1.29, 1.82) is 0 Å². The number of ether oxygens (including phenoxy) is 8. The fourth-order valence-corrected chi connectivity index (χ4v) is 1.79. The third-order valence-corrected chi connectivity index (χ3v) is 3.92. The van der Waals surface area contributed by atoms with E-state index in [1.165, 1.54) is 7.11 Å². The fraction of sp³-hybridized carbons (Fsp3) is 1.00. The molecule has 0 rings (SSSR count). The minimum absolute atomic E-state index is 0.0220. The largest absolute Gasteiger partial charge is 0.411 e. The van der Waals surface area contributed by atoms with Gasteiger partial charge in [0.2, 0.25) is 6.36 Å². The lowest BCUT2D eigenvalue weighted by atomic mass is 10.4. The molecular weight excluding hydrogens is 776 g/mol. The number of halogens is 12. The SMILES string of the molecule is CC(C)OC(F)F.CC(C)OCC(C)(F)F.CC(C)OCC(F)(F)F.CC(C)OCC(F)F.CC(C)OCCF.CC(C)OCF.COC(F)COC(C)C. The molecule has 0 saturated carbocycles. The summed E-state index contributed by atoms with van der Waals surface area (Å²) in [7, 11) is 1.31. The van der Waals surface area contributed by atoms with Gasteiger partial charge in [0.05, 0.1) is 49.3 Å². The van der Waals surface area contributed by atoms with Crippen LogP contribution in [0.15, 0.2) is 0 Å². The minimum Gasteiger partial charge on any atom is -0.376 e. The van der Waals surface area contributed by atoms with Crippen molar-refractivity contribution in [3.63, 3.8) is 0 Å². The molecule has 8 nitrogen and oxygen atoms in total. The zero-order valence-corrected chi connectivity index (χ0v) is 35.5. The van der Waals surface area contributed by atoms with Crippen LogP contribution in [0.25, 0.3) is 0 Å². The van der Waals surface area contributed by atoms with Crippen LogP contribution >= 0.6 is 0 Å². The molecule has 0 N–H and O–H groups in total. The lowest BCUT2D eigenvalue weighted by molar-refractivity contribution is -0.181. The Morgan fingerprint density at radius 3 is 0.964 bits per heavy atom. The molecule has 0 amide bonds. The van der Waals surface area contributed by atoms with E-state index in [4.69, 9.17) is 9.47 Å². The van der Waals surface area contributed by atoms with E-state index in [9.17, 15) is 52.7 Å². The van der Waals surface area contributed by atoms with E-state index in [0.717, 1.165) is 6.92 Å². The molecule has 0 aliphatic heterocycles. The minimum atomic E-state index is -4.19. The maximum Gasteiger partial charge on any atom is 0.411 e. The van der Waals surface area contributed by atoms with Crippen LogP contribution in [-0.4, -0.2) is 128 Å². The second-order valence-corrected chi connectivity index (χ2v) is 12.6. The van der Waals surface area contributed by atoms with Gasteiger partial charge in [-0.15, -0.1) is 0 Å². The van der Waals surface area contributed by atoms with Crippen molar-refractivity contribution in [3.8, 4) is 0 Å². The number of hydrogen-bond acceptors (Lipinski definition) is 8. The molecule has 1 atom stereocenters. The van der Waals surface area contributed by atoms with Gasteiger partial charge in [0.1, 0.15) is 33.1 Å². The van der Waals surface area contributed by atoms with Crippen LogP contribution in [0.3, 0.4) is 0 Å². The van der Waals surface area contributed by atoms with Crippen LogP contribution in [0, 0.1) is 0 Å². The molecule has 0 fully saturated rings. The zero-order valence-electron chi connectivity index (χ0n) is 35.5. The fourth-order valence-electron chi connectivity index (χ4n) is 1.79. The quantitative estimate of drug-likeness (QED) is 0.119. The molecule has 0 aliphatic rings. The van der Waals surface area contributed by atoms with Gasteiger partial charge in [-0.05, 0) is 96.9 Å². The van der Waals surface area contributed by atoms with Crippen molar-refractivity contribution in [2.75, 3.05) is 53.7 Å². The van der Waals surface area contributed by atoms with E-state index in [0.29, 0.717) is 0 Å². The predicted molar refractivity (Wildman–Crippen MR) is 190 cm³/mol.